The summed E-state index contributed by atoms with van der Waals surface area (Å²) >= 11 is 0. The van der Waals surface area contributed by atoms with Gasteiger partial charge in [-0.1, -0.05) is 129 Å². The van der Waals surface area contributed by atoms with Gasteiger partial charge in [0.1, 0.15) is 0 Å². The third kappa shape index (κ3) is 3.80. The number of hydrogen-bond donors (Lipinski definition) is 0. The fraction of sp³-hybridized carbons (Fsp3) is 0.0870. The molecule has 0 atom stereocenters. The molecule has 48 heavy (non-hydrogen) atoms. The third-order valence-electron chi connectivity index (χ3n) is 10.7. The Labute approximate surface area is 281 Å². The fourth-order valence-electron chi connectivity index (χ4n) is 8.53. The molecule has 0 unspecified atom stereocenters. The van der Waals surface area contributed by atoms with E-state index in [-0.39, 0.29) is 5.41 Å². The zero-order valence-electron chi connectivity index (χ0n) is 27.1. The largest absolute Gasteiger partial charge is 0.306 e. The number of benzene rings is 7. The van der Waals surface area contributed by atoms with E-state index in [1.807, 2.05) is 0 Å². The number of para-hydroxylation sites is 1. The van der Waals surface area contributed by atoms with Crippen molar-refractivity contribution < 1.29 is 0 Å². The van der Waals surface area contributed by atoms with Crippen LogP contribution in [0.25, 0.3) is 39.1 Å². The molecule has 2 heteroatoms. The van der Waals surface area contributed by atoms with Gasteiger partial charge in [-0.15, -0.1) is 0 Å². The van der Waals surface area contributed by atoms with Gasteiger partial charge in [0.25, 0.3) is 0 Å². The minimum Gasteiger partial charge on any atom is -0.306 e. The van der Waals surface area contributed by atoms with E-state index in [1.54, 1.807) is 0 Å². The molecule has 0 saturated heterocycles. The molecule has 0 radical (unpaired) electrons. The molecule has 0 aromatic heterocycles. The highest BCUT2D eigenvalue weighted by atomic mass is 15.3. The Bertz CT molecular complexity index is 2450. The number of allylic oxidation sites excluding steroid dienone is 1. The van der Waals surface area contributed by atoms with Gasteiger partial charge in [0.15, 0.2) is 0 Å². The van der Waals surface area contributed by atoms with Crippen LogP contribution in [0.2, 0.25) is 0 Å². The fourth-order valence-corrected chi connectivity index (χ4v) is 8.53. The first-order valence-electron chi connectivity index (χ1n) is 16.9. The smallest absolute Gasteiger partial charge is 0.0745 e. The van der Waals surface area contributed by atoms with E-state index in [4.69, 9.17) is 0 Å². The van der Waals surface area contributed by atoms with Crippen LogP contribution >= 0.6 is 0 Å². The number of nitrogens with zero attached hydrogens (tertiary/aromatic N) is 2. The Kier molecular flexibility index (Phi) is 5.72. The van der Waals surface area contributed by atoms with Gasteiger partial charge in [0, 0.05) is 16.8 Å². The summed E-state index contributed by atoms with van der Waals surface area (Å²) in [7, 11) is 0. The van der Waals surface area contributed by atoms with Crippen molar-refractivity contribution >= 4 is 51.0 Å². The third-order valence-corrected chi connectivity index (χ3v) is 10.7. The molecule has 228 valence electrons. The Hall–Kier alpha value is -5.86. The Balaban J connectivity index is 1.30. The molecule has 3 aliphatic rings. The van der Waals surface area contributed by atoms with Gasteiger partial charge in [0.05, 0.1) is 22.7 Å². The van der Waals surface area contributed by atoms with E-state index in [0.717, 1.165) is 12.1 Å². The van der Waals surface area contributed by atoms with Crippen LogP contribution in [0.5, 0.6) is 0 Å². The summed E-state index contributed by atoms with van der Waals surface area (Å²) in [6, 6.07) is 53.9. The molecule has 10 rings (SSSR count). The van der Waals surface area contributed by atoms with Crippen molar-refractivity contribution in [1.82, 2.24) is 0 Å². The summed E-state index contributed by atoms with van der Waals surface area (Å²) in [5.41, 5.74) is 17.6. The predicted octanol–water partition coefficient (Wildman–Crippen LogP) is 12.6. The normalized spacial score (nSPS) is 14.8. The number of hydrogen-bond acceptors (Lipinski definition) is 2. The first-order valence-corrected chi connectivity index (χ1v) is 16.9. The van der Waals surface area contributed by atoms with Gasteiger partial charge >= 0.3 is 0 Å². The molecule has 2 aliphatic carbocycles. The second kappa shape index (κ2) is 10.1. The van der Waals surface area contributed by atoms with E-state index in [9.17, 15) is 0 Å². The zero-order valence-corrected chi connectivity index (χ0v) is 27.1. The highest BCUT2D eigenvalue weighted by Gasteiger charge is 2.38. The average Bonchev–Trinajstić information content (AvgIpc) is 3.37. The molecule has 2 nitrogen and oxygen atoms in total. The van der Waals surface area contributed by atoms with Crippen LogP contribution in [0.15, 0.2) is 152 Å². The second-order valence-corrected chi connectivity index (χ2v) is 13.8. The van der Waals surface area contributed by atoms with Crippen molar-refractivity contribution in [1.29, 1.82) is 0 Å². The maximum absolute atomic E-state index is 2.52. The minimum atomic E-state index is -0.0417. The van der Waals surface area contributed by atoms with Crippen molar-refractivity contribution in [3.05, 3.63) is 174 Å². The zero-order chi connectivity index (χ0) is 32.0. The highest BCUT2D eigenvalue weighted by Crippen LogP contribution is 2.59. The van der Waals surface area contributed by atoms with Crippen molar-refractivity contribution in [3.63, 3.8) is 0 Å². The van der Waals surface area contributed by atoms with Crippen LogP contribution in [0, 0.1) is 0 Å². The molecule has 1 heterocycles. The topological polar surface area (TPSA) is 6.48 Å². The quantitative estimate of drug-likeness (QED) is 0.195. The molecule has 0 spiro atoms. The van der Waals surface area contributed by atoms with Crippen LogP contribution in [-0.2, 0) is 11.8 Å². The molecule has 0 saturated carbocycles. The van der Waals surface area contributed by atoms with Gasteiger partial charge in [0.2, 0.25) is 0 Å². The summed E-state index contributed by atoms with van der Waals surface area (Å²) in [5.74, 6) is 0. The van der Waals surface area contributed by atoms with Crippen LogP contribution in [0.3, 0.4) is 0 Å². The Morgan fingerprint density at radius 1 is 0.521 bits per heavy atom. The second-order valence-electron chi connectivity index (χ2n) is 13.8. The van der Waals surface area contributed by atoms with Crippen molar-refractivity contribution in [3.8, 4) is 22.3 Å². The van der Waals surface area contributed by atoms with E-state index >= 15 is 0 Å². The lowest BCUT2D eigenvalue weighted by atomic mass is 9.82. The number of rotatable bonds is 3. The molecule has 7 aromatic rings. The lowest BCUT2D eigenvalue weighted by Crippen LogP contribution is -2.26. The van der Waals surface area contributed by atoms with Crippen molar-refractivity contribution in [2.75, 3.05) is 9.80 Å². The van der Waals surface area contributed by atoms with Crippen molar-refractivity contribution in [2.24, 2.45) is 0 Å². The van der Waals surface area contributed by atoms with Gasteiger partial charge in [-0.25, -0.2) is 0 Å². The average molecular weight is 615 g/mol. The maximum atomic E-state index is 2.52. The Morgan fingerprint density at radius 2 is 1.29 bits per heavy atom. The first-order chi connectivity index (χ1) is 23.6. The van der Waals surface area contributed by atoms with E-state index in [1.165, 1.54) is 83.7 Å². The predicted molar refractivity (Wildman–Crippen MR) is 203 cm³/mol. The molecule has 0 N–H and O–H groups in total. The van der Waals surface area contributed by atoms with Crippen molar-refractivity contribution in [2.45, 2.75) is 25.7 Å². The van der Waals surface area contributed by atoms with Crippen LogP contribution in [-0.4, -0.2) is 0 Å². The van der Waals surface area contributed by atoms with E-state index in [0.29, 0.717) is 0 Å². The lowest BCUT2D eigenvalue weighted by molar-refractivity contribution is 0.660. The summed E-state index contributed by atoms with van der Waals surface area (Å²) in [4.78, 5) is 5.04. The molecule has 0 amide bonds. The molecular formula is C46H34N2. The highest BCUT2D eigenvalue weighted by molar-refractivity contribution is 6.11. The van der Waals surface area contributed by atoms with Crippen LogP contribution in [0.1, 0.15) is 36.1 Å². The molecule has 0 bridgehead atoms. The molecule has 1 aliphatic heterocycles. The van der Waals surface area contributed by atoms with Gasteiger partial charge in [-0.05, 0) is 104 Å². The molecular weight excluding hydrogens is 581 g/mol. The number of anilines is 6. The first kappa shape index (κ1) is 27.3. The summed E-state index contributed by atoms with van der Waals surface area (Å²) in [5, 5.41) is 2.63. The molecule has 7 aromatic carbocycles. The summed E-state index contributed by atoms with van der Waals surface area (Å²) in [6.45, 7) is 4.71. The summed E-state index contributed by atoms with van der Waals surface area (Å²) in [6.07, 6.45) is 5.50. The summed E-state index contributed by atoms with van der Waals surface area (Å²) < 4.78 is 0. The van der Waals surface area contributed by atoms with Gasteiger partial charge < -0.3 is 9.80 Å². The molecule has 0 fully saturated rings. The lowest BCUT2D eigenvalue weighted by Gasteiger charge is -2.42. The monoisotopic (exact) mass is 614 g/mol. The SMILES string of the molecule is CC1(C)c2ccccc2-c2cc(N3c4ccc(-c5ccccc5)cc4N(c4ccccc4)c4c3cc3cccc5c3c4CC=C5)ccc21. The Morgan fingerprint density at radius 3 is 2.15 bits per heavy atom. The van der Waals surface area contributed by atoms with E-state index < -0.39 is 0 Å². The van der Waals surface area contributed by atoms with Crippen LogP contribution < -0.4 is 9.80 Å². The van der Waals surface area contributed by atoms with E-state index in [2.05, 4.69) is 181 Å². The standard InChI is InChI=1S/C46H34N2/c1-46(2)39-22-10-9-20-36(39)38-29-35(24-25-40(38)46)47-41-26-23-32(30-13-5-3-6-14-30)27-42(41)48(34-18-7-4-8-19-34)45-37-21-12-16-31-15-11-17-33(44(31)37)28-43(45)47/h3-20,22-29H,21H2,1-2H3. The van der Waals surface area contributed by atoms with Crippen LogP contribution in [0.4, 0.5) is 34.1 Å². The van der Waals surface area contributed by atoms with Gasteiger partial charge in [-0.3, -0.25) is 0 Å². The minimum absolute atomic E-state index is 0.0417. The maximum Gasteiger partial charge on any atom is 0.0745 e. The van der Waals surface area contributed by atoms with Gasteiger partial charge in [-0.2, -0.15) is 0 Å². The number of fused-ring (bicyclic) bond motifs is 6.